The molecule has 0 atom stereocenters. The van der Waals surface area contributed by atoms with Crippen LogP contribution in [0.25, 0.3) is 0 Å². The van der Waals surface area contributed by atoms with Gasteiger partial charge in [-0.15, -0.1) is 15.8 Å². The van der Waals surface area contributed by atoms with Crippen LogP contribution in [0.1, 0.15) is 0 Å². The van der Waals surface area contributed by atoms with Crippen LogP contribution in [0, 0.1) is 0 Å². The third kappa shape index (κ3) is 277. The second kappa shape index (κ2) is 29.9. The third-order valence-corrected chi connectivity index (χ3v) is 0. The van der Waals surface area contributed by atoms with E-state index in [2.05, 4.69) is 40.0 Å². The summed E-state index contributed by atoms with van der Waals surface area (Å²) in [6.07, 6.45) is 0. The van der Waals surface area contributed by atoms with E-state index < -0.39 is 33.0 Å². The summed E-state index contributed by atoms with van der Waals surface area (Å²) in [6.45, 7) is 13.4. The van der Waals surface area contributed by atoms with E-state index in [1.807, 2.05) is 0 Å². The number of rotatable bonds is 0. The molecular weight excluding hydrogens is 666 g/mol. The van der Waals surface area contributed by atoms with Crippen LogP contribution in [-0.2, 0) is 33.0 Å². The summed E-state index contributed by atoms with van der Waals surface area (Å²) >= 11 is -0.944. The van der Waals surface area contributed by atoms with Crippen molar-refractivity contribution < 1.29 is 33.0 Å². The molecule has 0 fully saturated rings. The Labute approximate surface area is 125 Å². The van der Waals surface area contributed by atoms with Gasteiger partial charge in [-0.1, -0.05) is 0 Å². The van der Waals surface area contributed by atoms with Gasteiger partial charge in [-0.05, 0) is 40.0 Å². The molecule has 0 bridgehead atoms. The quantitative estimate of drug-likeness (QED) is 0.298. The first-order valence-electron chi connectivity index (χ1n) is 3.16. The molecule has 0 nitrogen and oxygen atoms in total. The van der Waals surface area contributed by atoms with Crippen molar-refractivity contribution in [3.05, 3.63) is 0 Å². The molecule has 100 valence electrons. The maximum atomic E-state index is 4.88. The van der Waals surface area contributed by atoms with Crippen LogP contribution in [-0.4, -0.2) is 40.0 Å². The predicted molar refractivity (Wildman–Crippen MR) is 72.8 cm³/mol. The average Bonchev–Trinajstić information content (AvgIpc) is 1.85. The van der Waals surface area contributed by atoms with Gasteiger partial charge in [-0.3, -0.25) is 0 Å². The standard InChI is InChI=1S/2C3H9P.4ClH.2Pt/c2*1-4(2)3;;;;;;/h2*1-3H3;4*1H;;/q;;;;;;2*+2/p-4. The van der Waals surface area contributed by atoms with E-state index in [4.69, 9.17) is 37.7 Å². The molecule has 0 amide bonds. The molecule has 0 saturated heterocycles. The van der Waals surface area contributed by atoms with Crippen LogP contribution in [0.3, 0.4) is 0 Å². The Balaban J connectivity index is -0.0000000482. The van der Waals surface area contributed by atoms with E-state index in [-0.39, 0.29) is 0 Å². The monoisotopic (exact) mass is 682 g/mol. The first kappa shape index (κ1) is 26.1. The van der Waals surface area contributed by atoms with Gasteiger partial charge in [-0.25, -0.2) is 0 Å². The van der Waals surface area contributed by atoms with Crippen molar-refractivity contribution in [3.63, 3.8) is 0 Å². The van der Waals surface area contributed by atoms with Crippen molar-refractivity contribution in [3.8, 4) is 0 Å². The van der Waals surface area contributed by atoms with Crippen molar-refractivity contribution in [2.45, 2.75) is 0 Å². The van der Waals surface area contributed by atoms with Crippen molar-refractivity contribution in [2.75, 3.05) is 40.0 Å². The van der Waals surface area contributed by atoms with Crippen molar-refractivity contribution >= 4 is 53.5 Å². The molecule has 0 unspecified atom stereocenters. The minimum atomic E-state index is -0.472. The van der Waals surface area contributed by atoms with Gasteiger partial charge in [0, 0.05) is 0 Å². The van der Waals surface area contributed by atoms with E-state index >= 15 is 0 Å². The zero-order valence-electron chi connectivity index (χ0n) is 9.04. The fraction of sp³-hybridized carbons (Fsp3) is 1.00. The Morgan fingerprint density at radius 1 is 0.571 bits per heavy atom. The molecule has 0 aromatic heterocycles. The number of hydrogen-bond acceptors (Lipinski definition) is 0. The Morgan fingerprint density at radius 3 is 0.571 bits per heavy atom. The van der Waals surface area contributed by atoms with Gasteiger partial charge in [0.05, 0.1) is 0 Å². The topological polar surface area (TPSA) is 0 Å². The van der Waals surface area contributed by atoms with E-state index in [1.165, 1.54) is 0 Å². The summed E-state index contributed by atoms with van der Waals surface area (Å²) in [6, 6.07) is 0. The Bertz CT molecular complexity index is 56.3. The van der Waals surface area contributed by atoms with Crippen LogP contribution in [0.2, 0.25) is 0 Å². The van der Waals surface area contributed by atoms with Gasteiger partial charge in [0.1, 0.15) is 0 Å². The van der Waals surface area contributed by atoms with Gasteiger partial charge in [0.2, 0.25) is 0 Å². The minimum absolute atomic E-state index is 0.380. The molecule has 8 heteroatoms. The van der Waals surface area contributed by atoms with Crippen LogP contribution < -0.4 is 0 Å². The summed E-state index contributed by atoms with van der Waals surface area (Å²) in [5.74, 6) is 0. The molecule has 0 radical (unpaired) electrons. The van der Waals surface area contributed by atoms with Crippen LogP contribution in [0.15, 0.2) is 0 Å². The van der Waals surface area contributed by atoms with Crippen LogP contribution in [0.5, 0.6) is 0 Å². The summed E-state index contributed by atoms with van der Waals surface area (Å²) in [4.78, 5) is 0. The molecule has 0 aliphatic rings. The molecule has 0 spiro atoms. The zero-order chi connectivity index (χ0) is 12.6. The average molecular weight is 684 g/mol. The second-order valence-electron chi connectivity index (χ2n) is 2.77. The second-order valence-corrected chi connectivity index (χ2v) is 14.7. The van der Waals surface area contributed by atoms with E-state index in [9.17, 15) is 0 Å². The number of halogens is 4. The van der Waals surface area contributed by atoms with E-state index in [0.717, 1.165) is 0 Å². The van der Waals surface area contributed by atoms with Crippen LogP contribution in [0.4, 0.5) is 0 Å². The fourth-order valence-electron chi connectivity index (χ4n) is 0. The van der Waals surface area contributed by atoms with Gasteiger partial charge in [0.15, 0.2) is 0 Å². The Hall–Kier alpha value is 3.40. The molecule has 0 heterocycles. The molecule has 0 N–H and O–H groups in total. The normalized spacial score (nSPS) is 8.29. The Morgan fingerprint density at radius 2 is 0.571 bits per heavy atom. The van der Waals surface area contributed by atoms with Crippen molar-refractivity contribution in [1.82, 2.24) is 0 Å². The SMILES string of the molecule is CP(C)C.CP(C)C.[Cl][Pt][Cl].[Cl][Pt][Cl]. The van der Waals surface area contributed by atoms with Gasteiger partial charge in [0.25, 0.3) is 0 Å². The summed E-state index contributed by atoms with van der Waals surface area (Å²) in [5.41, 5.74) is 0. The molecule has 14 heavy (non-hydrogen) atoms. The first-order valence-corrected chi connectivity index (χ1v) is 19.8. The van der Waals surface area contributed by atoms with Crippen molar-refractivity contribution in [1.29, 1.82) is 0 Å². The Kier molecular flexibility index (Phi) is 55.7. The predicted octanol–water partition coefficient (Wildman–Crippen LogP) is 5.47. The third-order valence-electron chi connectivity index (χ3n) is 0. The molecule has 0 aromatic carbocycles. The van der Waals surface area contributed by atoms with Gasteiger partial charge < -0.3 is 0 Å². The number of hydrogen-bond donors (Lipinski definition) is 0. The molecule has 0 aromatic rings. The van der Waals surface area contributed by atoms with Gasteiger partial charge in [-0.2, -0.15) is 0 Å². The molecule has 0 saturated carbocycles. The fourth-order valence-corrected chi connectivity index (χ4v) is 0. The van der Waals surface area contributed by atoms with Crippen molar-refractivity contribution in [2.24, 2.45) is 0 Å². The van der Waals surface area contributed by atoms with E-state index in [0.29, 0.717) is 15.8 Å². The van der Waals surface area contributed by atoms with Crippen LogP contribution >= 0.6 is 53.5 Å². The maximum absolute atomic E-state index is 4.88. The first-order chi connectivity index (χ1) is 6.29. The summed E-state index contributed by atoms with van der Waals surface area (Å²) < 4.78 is 0. The summed E-state index contributed by atoms with van der Waals surface area (Å²) in [7, 11) is 20.3. The molecule has 0 rings (SSSR count). The molecule has 0 aliphatic carbocycles. The van der Waals surface area contributed by atoms with E-state index in [1.54, 1.807) is 0 Å². The van der Waals surface area contributed by atoms with Gasteiger partial charge >= 0.3 is 70.6 Å². The molecular formula is C6H18Cl4P2Pt2. The summed E-state index contributed by atoms with van der Waals surface area (Å²) in [5, 5.41) is 0. The zero-order valence-corrected chi connectivity index (χ0v) is 18.4. The molecule has 0 aliphatic heterocycles.